The highest BCUT2D eigenvalue weighted by atomic mass is 35.5. The molecule has 0 saturated carbocycles. The molecular formula is C10H9ClN2O4. The number of aromatic nitrogens is 1. The fourth-order valence-corrected chi connectivity index (χ4v) is 1.27. The maximum absolute atomic E-state index is 11.0. The third-order valence-corrected chi connectivity index (χ3v) is 2.18. The predicted molar refractivity (Wildman–Crippen MR) is 61.6 cm³/mol. The van der Waals surface area contributed by atoms with Crippen LogP contribution in [-0.4, -0.2) is 22.5 Å². The van der Waals surface area contributed by atoms with Gasteiger partial charge >= 0.3 is 11.7 Å². The van der Waals surface area contributed by atoms with E-state index in [-0.39, 0.29) is 22.9 Å². The molecule has 1 rings (SSSR count). The second kappa shape index (κ2) is 5.95. The summed E-state index contributed by atoms with van der Waals surface area (Å²) >= 11 is 5.78. The van der Waals surface area contributed by atoms with Gasteiger partial charge in [-0.2, -0.15) is 0 Å². The van der Waals surface area contributed by atoms with Crippen LogP contribution in [0.5, 0.6) is 0 Å². The van der Waals surface area contributed by atoms with Crippen molar-refractivity contribution in [1.82, 2.24) is 4.98 Å². The first kappa shape index (κ1) is 13.1. The number of nitrogens with zero attached hydrogens (tertiary/aromatic N) is 2. The van der Waals surface area contributed by atoms with E-state index in [1.165, 1.54) is 12.3 Å². The quantitative estimate of drug-likeness (QED) is 0.357. The van der Waals surface area contributed by atoms with E-state index in [0.29, 0.717) is 0 Å². The normalized spacial score (nSPS) is 10.5. The van der Waals surface area contributed by atoms with Gasteiger partial charge in [0.2, 0.25) is 0 Å². The number of hydrogen-bond acceptors (Lipinski definition) is 5. The highest BCUT2D eigenvalue weighted by molar-refractivity contribution is 6.34. The van der Waals surface area contributed by atoms with Crippen molar-refractivity contribution in [3.63, 3.8) is 0 Å². The molecule has 0 saturated heterocycles. The highest BCUT2D eigenvalue weighted by Gasteiger charge is 2.14. The number of halogens is 1. The topological polar surface area (TPSA) is 82.3 Å². The summed E-state index contributed by atoms with van der Waals surface area (Å²) in [5.74, 6) is -0.546. The molecule has 90 valence electrons. The van der Waals surface area contributed by atoms with Crippen molar-refractivity contribution < 1.29 is 14.5 Å². The summed E-state index contributed by atoms with van der Waals surface area (Å²) in [6.07, 6.45) is 4.82. The van der Waals surface area contributed by atoms with Crippen LogP contribution in [0.1, 0.15) is 12.5 Å². The Hall–Kier alpha value is -1.95. The number of carbonyl (C=O) groups excluding carboxylic acids is 1. The zero-order valence-corrected chi connectivity index (χ0v) is 9.68. The molecule has 17 heavy (non-hydrogen) atoms. The first-order valence-corrected chi connectivity index (χ1v) is 5.06. The third kappa shape index (κ3) is 3.53. The third-order valence-electron chi connectivity index (χ3n) is 1.77. The molecule has 0 N–H and O–H groups in total. The van der Waals surface area contributed by atoms with Crippen LogP contribution in [0.2, 0.25) is 5.02 Å². The summed E-state index contributed by atoms with van der Waals surface area (Å²) in [5.41, 5.74) is -0.0217. The Labute approximate surface area is 102 Å². The monoisotopic (exact) mass is 256 g/mol. The molecule has 7 heteroatoms. The lowest BCUT2D eigenvalue weighted by Crippen LogP contribution is -1.99. The molecule has 0 radical (unpaired) electrons. The second-order valence-corrected chi connectivity index (χ2v) is 3.28. The van der Waals surface area contributed by atoms with E-state index in [1.54, 1.807) is 6.92 Å². The smallest absolute Gasteiger partial charge is 0.330 e. The first-order chi connectivity index (χ1) is 8.06. The molecule has 0 aliphatic heterocycles. The van der Waals surface area contributed by atoms with Gasteiger partial charge in [-0.15, -0.1) is 0 Å². The molecule has 0 fully saturated rings. The number of nitro groups is 1. The fraction of sp³-hybridized carbons (Fsp3) is 0.200. The average molecular weight is 257 g/mol. The zero-order valence-electron chi connectivity index (χ0n) is 8.92. The van der Waals surface area contributed by atoms with Gasteiger partial charge in [-0.25, -0.2) is 4.79 Å². The lowest BCUT2D eigenvalue weighted by Gasteiger charge is -1.98. The average Bonchev–Trinajstić information content (AvgIpc) is 2.27. The van der Waals surface area contributed by atoms with Crippen molar-refractivity contribution in [3.05, 3.63) is 39.2 Å². The van der Waals surface area contributed by atoms with Gasteiger partial charge in [0, 0.05) is 17.8 Å². The number of hydrogen-bond donors (Lipinski definition) is 0. The Morgan fingerprint density at radius 1 is 1.65 bits per heavy atom. The standard InChI is InChI=1S/C10H9ClN2O4/c1-2-17-9(14)4-3-7-5-12-6-8(10(7)11)13(15)16/h3-6H,2H2,1H3. The molecular weight excluding hydrogens is 248 g/mol. The largest absolute Gasteiger partial charge is 0.463 e. The maximum Gasteiger partial charge on any atom is 0.330 e. The van der Waals surface area contributed by atoms with Crippen LogP contribution in [-0.2, 0) is 9.53 Å². The molecule has 0 aromatic carbocycles. The van der Waals surface area contributed by atoms with Crippen molar-refractivity contribution in [3.8, 4) is 0 Å². The predicted octanol–water partition coefficient (Wildman–Crippen LogP) is 2.22. The number of ether oxygens (including phenoxy) is 1. The van der Waals surface area contributed by atoms with E-state index in [4.69, 9.17) is 11.6 Å². The lowest BCUT2D eigenvalue weighted by molar-refractivity contribution is -0.385. The Morgan fingerprint density at radius 3 is 2.94 bits per heavy atom. The molecule has 0 unspecified atom stereocenters. The van der Waals surface area contributed by atoms with Gasteiger partial charge in [-0.1, -0.05) is 11.6 Å². The summed E-state index contributed by atoms with van der Waals surface area (Å²) in [5, 5.41) is 10.5. The van der Waals surface area contributed by atoms with E-state index in [2.05, 4.69) is 9.72 Å². The fourth-order valence-electron chi connectivity index (χ4n) is 1.04. The molecule has 0 amide bonds. The Kier molecular flexibility index (Phi) is 4.59. The maximum atomic E-state index is 11.0. The van der Waals surface area contributed by atoms with Crippen molar-refractivity contribution in [2.45, 2.75) is 6.92 Å². The summed E-state index contributed by atoms with van der Waals surface area (Å²) < 4.78 is 4.66. The van der Waals surface area contributed by atoms with Crippen LogP contribution in [0, 0.1) is 10.1 Å². The highest BCUT2D eigenvalue weighted by Crippen LogP contribution is 2.27. The van der Waals surface area contributed by atoms with E-state index >= 15 is 0 Å². The van der Waals surface area contributed by atoms with E-state index in [1.807, 2.05) is 0 Å². The van der Waals surface area contributed by atoms with Gasteiger partial charge in [0.15, 0.2) is 0 Å². The van der Waals surface area contributed by atoms with Crippen LogP contribution in [0.25, 0.3) is 6.08 Å². The van der Waals surface area contributed by atoms with Gasteiger partial charge in [0.25, 0.3) is 0 Å². The molecule has 0 aliphatic rings. The van der Waals surface area contributed by atoms with Crippen molar-refractivity contribution >= 4 is 29.3 Å². The van der Waals surface area contributed by atoms with E-state index in [9.17, 15) is 14.9 Å². The van der Waals surface area contributed by atoms with E-state index < -0.39 is 10.9 Å². The molecule has 6 nitrogen and oxygen atoms in total. The molecule has 1 aromatic heterocycles. The SMILES string of the molecule is CCOC(=O)C=Cc1cncc([N+](=O)[O-])c1Cl. The van der Waals surface area contributed by atoms with Gasteiger partial charge < -0.3 is 4.74 Å². The second-order valence-electron chi connectivity index (χ2n) is 2.90. The van der Waals surface area contributed by atoms with E-state index in [0.717, 1.165) is 12.3 Å². The Morgan fingerprint density at radius 2 is 2.35 bits per heavy atom. The minimum Gasteiger partial charge on any atom is -0.463 e. The minimum atomic E-state index is -0.642. The minimum absolute atomic E-state index is 0.0643. The summed E-state index contributed by atoms with van der Waals surface area (Å²) in [6, 6.07) is 0. The van der Waals surface area contributed by atoms with Gasteiger partial charge in [-0.3, -0.25) is 15.1 Å². The molecule has 0 atom stereocenters. The number of rotatable bonds is 4. The molecule has 0 aliphatic carbocycles. The van der Waals surface area contributed by atoms with Crippen molar-refractivity contribution in [1.29, 1.82) is 0 Å². The molecule has 1 heterocycles. The number of carbonyl (C=O) groups is 1. The van der Waals surface area contributed by atoms with Gasteiger partial charge in [-0.05, 0) is 13.0 Å². The van der Waals surface area contributed by atoms with Crippen LogP contribution < -0.4 is 0 Å². The molecule has 0 bridgehead atoms. The number of pyridine rings is 1. The van der Waals surface area contributed by atoms with Crippen LogP contribution in [0.15, 0.2) is 18.5 Å². The first-order valence-electron chi connectivity index (χ1n) is 4.69. The summed E-state index contributed by atoms with van der Waals surface area (Å²) in [6.45, 7) is 1.93. The zero-order chi connectivity index (χ0) is 12.8. The Bertz CT molecular complexity index is 473. The summed E-state index contributed by atoms with van der Waals surface area (Å²) in [7, 11) is 0. The van der Waals surface area contributed by atoms with Crippen molar-refractivity contribution in [2.24, 2.45) is 0 Å². The Balaban J connectivity index is 2.96. The molecule has 1 aromatic rings. The van der Waals surface area contributed by atoms with Gasteiger partial charge in [0.1, 0.15) is 11.2 Å². The number of esters is 1. The van der Waals surface area contributed by atoms with Crippen LogP contribution >= 0.6 is 11.6 Å². The van der Waals surface area contributed by atoms with Gasteiger partial charge in [0.05, 0.1) is 11.5 Å². The summed E-state index contributed by atoms with van der Waals surface area (Å²) in [4.78, 5) is 24.6. The van der Waals surface area contributed by atoms with Crippen LogP contribution in [0.3, 0.4) is 0 Å². The van der Waals surface area contributed by atoms with Crippen LogP contribution in [0.4, 0.5) is 5.69 Å². The lowest BCUT2D eigenvalue weighted by atomic mass is 10.2. The molecule has 0 spiro atoms. The van der Waals surface area contributed by atoms with Crippen molar-refractivity contribution in [2.75, 3.05) is 6.61 Å².